The average molecular weight is 165 g/mol. The molecule has 0 aliphatic rings. The summed E-state index contributed by atoms with van der Waals surface area (Å²) in [6.07, 6.45) is 1.01. The van der Waals surface area contributed by atoms with E-state index in [2.05, 4.69) is 4.98 Å². The molecule has 0 saturated heterocycles. The first-order valence-corrected chi connectivity index (χ1v) is 3.47. The quantitative estimate of drug-likeness (QED) is 0.584. The highest BCUT2D eigenvalue weighted by molar-refractivity contribution is 5.78. The molecule has 0 bridgehead atoms. The van der Waals surface area contributed by atoms with Crippen molar-refractivity contribution in [1.29, 1.82) is 0 Å². The molecule has 0 aliphatic heterocycles. The second-order valence-corrected chi connectivity index (χ2v) is 2.47. The van der Waals surface area contributed by atoms with Crippen LogP contribution < -0.4 is 0 Å². The van der Waals surface area contributed by atoms with Gasteiger partial charge >= 0.3 is 0 Å². The van der Waals surface area contributed by atoms with E-state index in [-0.39, 0.29) is 5.52 Å². The highest BCUT2D eigenvalue weighted by atomic mass is 19.1. The second-order valence-electron chi connectivity index (χ2n) is 2.47. The van der Waals surface area contributed by atoms with Crippen LogP contribution in [0.1, 0.15) is 0 Å². The Labute approximate surface area is 67.7 Å². The van der Waals surface area contributed by atoms with E-state index in [1.54, 1.807) is 6.07 Å². The molecule has 0 N–H and O–H groups in total. The van der Waals surface area contributed by atoms with Gasteiger partial charge in [0.25, 0.3) is 0 Å². The smallest absolute Gasteiger partial charge is 0.149 e. The van der Waals surface area contributed by atoms with E-state index in [0.29, 0.717) is 5.39 Å². The summed E-state index contributed by atoms with van der Waals surface area (Å²) in [6.45, 7) is 0. The lowest BCUT2D eigenvalue weighted by molar-refractivity contribution is 0.619. The third kappa shape index (κ3) is 1.03. The molecule has 2 aromatic rings. The summed E-state index contributed by atoms with van der Waals surface area (Å²) < 4.78 is 25.5. The molecule has 0 fully saturated rings. The van der Waals surface area contributed by atoms with Crippen molar-refractivity contribution in [1.82, 2.24) is 4.98 Å². The predicted octanol–water partition coefficient (Wildman–Crippen LogP) is 2.51. The van der Waals surface area contributed by atoms with Crippen molar-refractivity contribution >= 4 is 10.9 Å². The summed E-state index contributed by atoms with van der Waals surface area (Å²) in [5, 5.41) is 0.481. The topological polar surface area (TPSA) is 12.9 Å². The van der Waals surface area contributed by atoms with Crippen LogP contribution in [0, 0.1) is 11.6 Å². The first kappa shape index (κ1) is 7.16. The molecule has 0 radical (unpaired) electrons. The number of para-hydroxylation sites is 1. The van der Waals surface area contributed by atoms with Crippen LogP contribution in [0.4, 0.5) is 8.78 Å². The summed E-state index contributed by atoms with van der Waals surface area (Å²) in [4.78, 5) is 3.63. The Morgan fingerprint density at radius 2 is 2.00 bits per heavy atom. The molecule has 1 heterocycles. The fourth-order valence-electron chi connectivity index (χ4n) is 1.10. The van der Waals surface area contributed by atoms with E-state index in [1.807, 2.05) is 0 Å². The number of aromatic nitrogens is 1. The molecule has 0 aliphatic carbocycles. The van der Waals surface area contributed by atoms with Crippen LogP contribution in [0.5, 0.6) is 0 Å². The molecule has 0 spiro atoms. The maximum absolute atomic E-state index is 12.9. The van der Waals surface area contributed by atoms with Crippen LogP contribution >= 0.6 is 0 Å². The first-order valence-electron chi connectivity index (χ1n) is 3.47. The molecular formula is C9H5F2N. The van der Waals surface area contributed by atoms with Crippen LogP contribution in [-0.4, -0.2) is 4.98 Å². The maximum Gasteiger partial charge on any atom is 0.149 e. The van der Waals surface area contributed by atoms with Crippen molar-refractivity contribution in [3.8, 4) is 0 Å². The van der Waals surface area contributed by atoms with Gasteiger partial charge in [0, 0.05) is 5.39 Å². The standard InChI is InChI=1S/C9H5F2N/c10-7-4-6-2-1-3-8(11)9(6)12-5-7/h1-5H. The Hall–Kier alpha value is -1.51. The Morgan fingerprint density at radius 1 is 1.17 bits per heavy atom. The number of rotatable bonds is 0. The Balaban J connectivity index is 2.86. The number of hydrogen-bond donors (Lipinski definition) is 0. The SMILES string of the molecule is Fc1cnc2c(F)cccc2c1. The van der Waals surface area contributed by atoms with Gasteiger partial charge < -0.3 is 0 Å². The van der Waals surface area contributed by atoms with Gasteiger partial charge in [-0.1, -0.05) is 12.1 Å². The van der Waals surface area contributed by atoms with Gasteiger partial charge in [-0.15, -0.1) is 0 Å². The number of fused-ring (bicyclic) bond motifs is 1. The highest BCUT2D eigenvalue weighted by Crippen LogP contribution is 2.15. The van der Waals surface area contributed by atoms with Gasteiger partial charge in [0.15, 0.2) is 0 Å². The van der Waals surface area contributed by atoms with Crippen molar-refractivity contribution in [2.45, 2.75) is 0 Å². The number of pyridine rings is 1. The van der Waals surface area contributed by atoms with E-state index in [4.69, 9.17) is 0 Å². The van der Waals surface area contributed by atoms with Crippen molar-refractivity contribution in [3.63, 3.8) is 0 Å². The molecule has 60 valence electrons. The molecule has 0 amide bonds. The van der Waals surface area contributed by atoms with E-state index in [9.17, 15) is 8.78 Å². The minimum Gasteiger partial charge on any atom is -0.250 e. The first-order chi connectivity index (χ1) is 5.77. The average Bonchev–Trinajstić information content (AvgIpc) is 2.04. The number of benzene rings is 1. The molecule has 0 unspecified atom stereocenters. The van der Waals surface area contributed by atoms with Gasteiger partial charge in [-0.25, -0.2) is 8.78 Å². The monoisotopic (exact) mass is 165 g/mol. The molecule has 0 saturated carbocycles. The van der Waals surface area contributed by atoms with Gasteiger partial charge in [-0.05, 0) is 12.1 Å². The minimum atomic E-state index is -0.451. The summed E-state index contributed by atoms with van der Waals surface area (Å²) in [7, 11) is 0. The molecule has 1 aromatic carbocycles. The normalized spacial score (nSPS) is 10.5. The van der Waals surface area contributed by atoms with E-state index < -0.39 is 11.6 Å². The zero-order chi connectivity index (χ0) is 8.55. The van der Waals surface area contributed by atoms with Crippen molar-refractivity contribution < 1.29 is 8.78 Å². The Kier molecular flexibility index (Phi) is 1.50. The molecule has 1 aromatic heterocycles. The Bertz CT molecular complexity index is 426. The number of nitrogens with zero attached hydrogens (tertiary/aromatic N) is 1. The number of hydrogen-bond acceptors (Lipinski definition) is 1. The van der Waals surface area contributed by atoms with Gasteiger partial charge in [0.05, 0.1) is 6.20 Å². The summed E-state index contributed by atoms with van der Waals surface area (Å²) in [6, 6.07) is 5.70. The van der Waals surface area contributed by atoms with Crippen LogP contribution in [-0.2, 0) is 0 Å². The lowest BCUT2D eigenvalue weighted by Gasteiger charge is -1.96. The van der Waals surface area contributed by atoms with Crippen LogP contribution in [0.3, 0.4) is 0 Å². The molecular weight excluding hydrogens is 160 g/mol. The zero-order valence-electron chi connectivity index (χ0n) is 6.09. The molecule has 12 heavy (non-hydrogen) atoms. The van der Waals surface area contributed by atoms with Gasteiger partial charge in [-0.2, -0.15) is 0 Å². The fourth-order valence-corrected chi connectivity index (χ4v) is 1.10. The van der Waals surface area contributed by atoms with Crippen LogP contribution in [0.15, 0.2) is 30.5 Å². The fraction of sp³-hybridized carbons (Fsp3) is 0. The van der Waals surface area contributed by atoms with Gasteiger partial charge in [0.2, 0.25) is 0 Å². The van der Waals surface area contributed by atoms with Crippen LogP contribution in [0.25, 0.3) is 10.9 Å². The number of halogens is 2. The largest absolute Gasteiger partial charge is 0.250 e. The third-order valence-electron chi connectivity index (χ3n) is 1.63. The van der Waals surface area contributed by atoms with Gasteiger partial charge in [-0.3, -0.25) is 4.98 Å². The Morgan fingerprint density at radius 3 is 2.83 bits per heavy atom. The summed E-state index contributed by atoms with van der Waals surface area (Å²) in [5.41, 5.74) is 0.207. The molecule has 0 atom stereocenters. The van der Waals surface area contributed by atoms with Crippen molar-refractivity contribution in [2.75, 3.05) is 0 Å². The van der Waals surface area contributed by atoms with Crippen molar-refractivity contribution in [2.24, 2.45) is 0 Å². The van der Waals surface area contributed by atoms with Gasteiger partial charge in [0.1, 0.15) is 17.2 Å². The molecule has 3 heteroatoms. The third-order valence-corrected chi connectivity index (χ3v) is 1.63. The maximum atomic E-state index is 12.9. The molecule has 1 nitrogen and oxygen atoms in total. The lowest BCUT2D eigenvalue weighted by atomic mass is 10.2. The summed E-state index contributed by atoms with van der Waals surface area (Å²) in [5.74, 6) is -0.874. The zero-order valence-corrected chi connectivity index (χ0v) is 6.09. The predicted molar refractivity (Wildman–Crippen MR) is 41.7 cm³/mol. The second kappa shape index (κ2) is 2.52. The van der Waals surface area contributed by atoms with E-state index in [0.717, 1.165) is 6.20 Å². The van der Waals surface area contributed by atoms with Crippen molar-refractivity contribution in [3.05, 3.63) is 42.1 Å². The van der Waals surface area contributed by atoms with Crippen LogP contribution in [0.2, 0.25) is 0 Å². The lowest BCUT2D eigenvalue weighted by Crippen LogP contribution is -1.84. The minimum absolute atomic E-state index is 0.207. The highest BCUT2D eigenvalue weighted by Gasteiger charge is 2.01. The molecule has 2 rings (SSSR count). The van der Waals surface area contributed by atoms with E-state index >= 15 is 0 Å². The summed E-state index contributed by atoms with van der Waals surface area (Å²) >= 11 is 0. The van der Waals surface area contributed by atoms with E-state index in [1.165, 1.54) is 18.2 Å².